The Morgan fingerprint density at radius 2 is 1.88 bits per heavy atom. The number of nitrogens with zero attached hydrogens (tertiary/aromatic N) is 3. The van der Waals surface area contributed by atoms with Crippen LogP contribution in [0.4, 0.5) is 5.69 Å². The van der Waals surface area contributed by atoms with Crippen molar-refractivity contribution in [2.45, 2.75) is 42.6 Å². The van der Waals surface area contributed by atoms with E-state index in [1.54, 1.807) is 11.3 Å². The van der Waals surface area contributed by atoms with Crippen molar-refractivity contribution in [3.05, 3.63) is 82.8 Å². The lowest BCUT2D eigenvalue weighted by Crippen LogP contribution is -2.23. The normalized spacial score (nSPS) is 14.3. The van der Waals surface area contributed by atoms with Crippen LogP contribution < -0.4 is 5.32 Å². The zero-order valence-corrected chi connectivity index (χ0v) is 19.4. The summed E-state index contributed by atoms with van der Waals surface area (Å²) in [5.74, 6) is 0.947. The molecule has 0 saturated heterocycles. The number of nitrogens with one attached hydrogen (secondary N) is 1. The summed E-state index contributed by atoms with van der Waals surface area (Å²) in [6.45, 7) is 1.93. The fraction of sp³-hybridized carbons (Fsp3) is 0.240. The van der Waals surface area contributed by atoms with Gasteiger partial charge >= 0.3 is 0 Å². The van der Waals surface area contributed by atoms with E-state index in [0.29, 0.717) is 6.04 Å². The van der Waals surface area contributed by atoms with Gasteiger partial charge in [-0.2, -0.15) is 0 Å². The van der Waals surface area contributed by atoms with Crippen LogP contribution in [-0.4, -0.2) is 25.9 Å². The van der Waals surface area contributed by atoms with Gasteiger partial charge in [0.05, 0.1) is 5.25 Å². The fourth-order valence-corrected chi connectivity index (χ4v) is 5.32. The van der Waals surface area contributed by atoms with E-state index in [2.05, 4.69) is 49.7 Å². The SMILES string of the molecule is CC(Sc1nnc(Cc2cccs2)n1C1CC1)C(=O)Nc1ccccc1-c1ccccc1. The summed E-state index contributed by atoms with van der Waals surface area (Å²) in [6, 6.07) is 22.7. The van der Waals surface area contributed by atoms with E-state index in [-0.39, 0.29) is 11.2 Å². The lowest BCUT2D eigenvalue weighted by Gasteiger charge is -2.15. The van der Waals surface area contributed by atoms with Crippen LogP contribution in [0.3, 0.4) is 0 Å². The Labute approximate surface area is 195 Å². The summed E-state index contributed by atoms with van der Waals surface area (Å²) in [5.41, 5.74) is 2.91. The lowest BCUT2D eigenvalue weighted by atomic mass is 10.0. The van der Waals surface area contributed by atoms with E-state index in [0.717, 1.165) is 47.1 Å². The van der Waals surface area contributed by atoms with Gasteiger partial charge in [0.25, 0.3) is 0 Å². The van der Waals surface area contributed by atoms with Crippen LogP contribution in [0.2, 0.25) is 0 Å². The quantitative estimate of drug-likeness (QED) is 0.325. The molecular formula is C25H24N4OS2. The maximum Gasteiger partial charge on any atom is 0.237 e. The highest BCUT2D eigenvalue weighted by Crippen LogP contribution is 2.40. The Morgan fingerprint density at radius 1 is 1.09 bits per heavy atom. The predicted molar refractivity (Wildman–Crippen MR) is 131 cm³/mol. The topological polar surface area (TPSA) is 59.8 Å². The Bertz CT molecular complexity index is 1200. The van der Waals surface area contributed by atoms with Crippen LogP contribution in [0, 0.1) is 0 Å². The first-order valence-electron chi connectivity index (χ1n) is 10.8. The van der Waals surface area contributed by atoms with Crippen molar-refractivity contribution in [3.8, 4) is 11.1 Å². The molecule has 4 aromatic rings. The number of aromatic nitrogens is 3. The average molecular weight is 461 g/mol. The fourth-order valence-electron chi connectivity index (χ4n) is 3.68. The molecule has 1 amide bonds. The zero-order valence-electron chi connectivity index (χ0n) is 17.8. The minimum absolute atomic E-state index is 0.0384. The number of carbonyl (C=O) groups is 1. The summed E-state index contributed by atoms with van der Waals surface area (Å²) < 4.78 is 2.24. The number of thiophene rings is 1. The van der Waals surface area contributed by atoms with Gasteiger partial charge in [0, 0.05) is 28.6 Å². The molecule has 1 aliphatic carbocycles. The molecule has 0 radical (unpaired) electrons. The van der Waals surface area contributed by atoms with Gasteiger partial charge in [0.2, 0.25) is 5.91 Å². The smallest absolute Gasteiger partial charge is 0.237 e. The van der Waals surface area contributed by atoms with Gasteiger partial charge in [-0.15, -0.1) is 21.5 Å². The van der Waals surface area contributed by atoms with Crippen molar-refractivity contribution in [1.29, 1.82) is 0 Å². The molecule has 0 aliphatic heterocycles. The third-order valence-corrected chi connectivity index (χ3v) is 7.41. The third-order valence-electron chi connectivity index (χ3n) is 5.48. The van der Waals surface area contributed by atoms with Crippen LogP contribution in [0.5, 0.6) is 0 Å². The minimum Gasteiger partial charge on any atom is -0.325 e. The zero-order chi connectivity index (χ0) is 21.9. The largest absolute Gasteiger partial charge is 0.325 e. The van der Waals surface area contributed by atoms with E-state index >= 15 is 0 Å². The van der Waals surface area contributed by atoms with Gasteiger partial charge in [-0.05, 0) is 42.8 Å². The first kappa shape index (κ1) is 21.0. The molecule has 1 saturated carbocycles. The summed E-state index contributed by atoms with van der Waals surface area (Å²) in [4.78, 5) is 14.3. The number of benzene rings is 2. The molecule has 5 nitrogen and oxygen atoms in total. The summed E-state index contributed by atoms with van der Waals surface area (Å²) in [7, 11) is 0. The summed E-state index contributed by atoms with van der Waals surface area (Å²) in [5, 5.41) is 14.7. The number of thioether (sulfide) groups is 1. The molecule has 1 unspecified atom stereocenters. The molecular weight excluding hydrogens is 436 g/mol. The van der Waals surface area contributed by atoms with Crippen LogP contribution in [0.25, 0.3) is 11.1 Å². The number of para-hydroxylation sites is 1. The second-order valence-corrected chi connectivity index (χ2v) is 10.3. The second-order valence-electron chi connectivity index (χ2n) is 7.92. The number of rotatable bonds is 8. The lowest BCUT2D eigenvalue weighted by molar-refractivity contribution is -0.115. The highest BCUT2D eigenvalue weighted by Gasteiger charge is 2.31. The number of amides is 1. The molecule has 2 aromatic heterocycles. The Hall–Kier alpha value is -2.90. The second kappa shape index (κ2) is 9.30. The van der Waals surface area contributed by atoms with Crippen LogP contribution in [-0.2, 0) is 11.2 Å². The standard InChI is InChI=1S/C25H24N4OS2/c1-17(24(30)26-22-12-6-5-11-21(22)18-8-3-2-4-9-18)32-25-28-27-23(29(25)19-13-14-19)16-20-10-7-15-31-20/h2-12,15,17,19H,13-14,16H2,1H3,(H,26,30). The predicted octanol–water partition coefficient (Wildman–Crippen LogP) is 6.05. The highest BCUT2D eigenvalue weighted by atomic mass is 32.2. The number of hydrogen-bond acceptors (Lipinski definition) is 5. The molecule has 1 aliphatic rings. The molecule has 0 spiro atoms. The van der Waals surface area contributed by atoms with E-state index in [1.807, 2.05) is 49.4 Å². The maximum absolute atomic E-state index is 13.1. The molecule has 0 bridgehead atoms. The monoisotopic (exact) mass is 460 g/mol. The maximum atomic E-state index is 13.1. The summed E-state index contributed by atoms with van der Waals surface area (Å²) in [6.07, 6.45) is 3.08. The van der Waals surface area contributed by atoms with Crippen LogP contribution in [0.15, 0.2) is 77.3 Å². The molecule has 1 atom stereocenters. The van der Waals surface area contributed by atoms with Crippen molar-refractivity contribution in [1.82, 2.24) is 14.8 Å². The van der Waals surface area contributed by atoms with E-state index in [9.17, 15) is 4.79 Å². The van der Waals surface area contributed by atoms with Crippen LogP contribution in [0.1, 0.15) is 36.5 Å². The molecule has 7 heteroatoms. The van der Waals surface area contributed by atoms with Crippen molar-refractivity contribution in [2.24, 2.45) is 0 Å². The Balaban J connectivity index is 1.32. The van der Waals surface area contributed by atoms with Gasteiger partial charge in [-0.25, -0.2) is 0 Å². The first-order valence-corrected chi connectivity index (χ1v) is 12.5. The molecule has 1 fully saturated rings. The molecule has 5 rings (SSSR count). The van der Waals surface area contributed by atoms with Gasteiger partial charge in [0.1, 0.15) is 5.82 Å². The minimum atomic E-state index is -0.296. The average Bonchev–Trinajstić information content (AvgIpc) is 3.37. The van der Waals surface area contributed by atoms with Crippen molar-refractivity contribution in [2.75, 3.05) is 5.32 Å². The van der Waals surface area contributed by atoms with Gasteiger partial charge < -0.3 is 9.88 Å². The van der Waals surface area contributed by atoms with Gasteiger partial charge in [0.15, 0.2) is 5.16 Å². The molecule has 162 valence electrons. The van der Waals surface area contributed by atoms with Crippen molar-refractivity contribution < 1.29 is 4.79 Å². The van der Waals surface area contributed by atoms with Crippen molar-refractivity contribution >= 4 is 34.7 Å². The number of hydrogen-bond donors (Lipinski definition) is 1. The Morgan fingerprint density at radius 3 is 2.62 bits per heavy atom. The third kappa shape index (κ3) is 4.64. The van der Waals surface area contributed by atoms with E-state index in [4.69, 9.17) is 0 Å². The van der Waals surface area contributed by atoms with Crippen molar-refractivity contribution in [3.63, 3.8) is 0 Å². The molecule has 32 heavy (non-hydrogen) atoms. The van der Waals surface area contributed by atoms with Gasteiger partial charge in [-0.1, -0.05) is 66.4 Å². The molecule has 1 N–H and O–H groups in total. The molecule has 2 heterocycles. The first-order chi connectivity index (χ1) is 15.7. The number of anilines is 1. The molecule has 2 aromatic carbocycles. The van der Waals surface area contributed by atoms with E-state index < -0.39 is 0 Å². The summed E-state index contributed by atoms with van der Waals surface area (Å²) >= 11 is 3.22. The Kier molecular flexibility index (Phi) is 6.10. The number of carbonyl (C=O) groups excluding carboxylic acids is 1. The highest BCUT2D eigenvalue weighted by molar-refractivity contribution is 8.00. The van der Waals surface area contributed by atoms with Gasteiger partial charge in [-0.3, -0.25) is 4.79 Å². The van der Waals surface area contributed by atoms with E-state index in [1.165, 1.54) is 16.6 Å². The van der Waals surface area contributed by atoms with Crippen LogP contribution >= 0.6 is 23.1 Å².